The van der Waals surface area contributed by atoms with E-state index >= 15 is 0 Å². The molecule has 0 spiro atoms. The largest absolute Gasteiger partial charge is 0.496 e. The fourth-order valence-electron chi connectivity index (χ4n) is 2.11. The van der Waals surface area contributed by atoms with Crippen LogP contribution in [0.4, 0.5) is 4.39 Å². The van der Waals surface area contributed by atoms with Gasteiger partial charge in [-0.3, -0.25) is 0 Å². The van der Waals surface area contributed by atoms with E-state index in [1.54, 1.807) is 13.2 Å². The Balaban J connectivity index is 2.04. The van der Waals surface area contributed by atoms with Crippen molar-refractivity contribution in [3.8, 4) is 5.75 Å². The Morgan fingerprint density at radius 2 is 2.00 bits per heavy atom. The van der Waals surface area contributed by atoms with Crippen molar-refractivity contribution < 1.29 is 9.13 Å². The van der Waals surface area contributed by atoms with Crippen molar-refractivity contribution in [2.75, 3.05) is 7.11 Å². The number of hydrogen-bond acceptors (Lipinski definition) is 3. The average Bonchev–Trinajstić information content (AvgIpc) is 2.92. The molecule has 1 heterocycles. The van der Waals surface area contributed by atoms with Crippen molar-refractivity contribution in [3.63, 3.8) is 0 Å². The first-order valence-corrected chi connectivity index (χ1v) is 7.60. The maximum Gasteiger partial charge on any atom is 0.123 e. The summed E-state index contributed by atoms with van der Waals surface area (Å²) >= 11 is 1.82. The number of nitrogens with one attached hydrogen (secondary N) is 1. The van der Waals surface area contributed by atoms with Crippen LogP contribution in [0.1, 0.15) is 35.2 Å². The van der Waals surface area contributed by atoms with Crippen LogP contribution in [0.25, 0.3) is 0 Å². The van der Waals surface area contributed by atoms with Crippen molar-refractivity contribution >= 4 is 11.3 Å². The minimum absolute atomic E-state index is 0.0350. The molecule has 2 nitrogen and oxygen atoms in total. The second kappa shape index (κ2) is 6.86. The number of methoxy groups -OCH3 is 1. The third kappa shape index (κ3) is 3.58. The van der Waals surface area contributed by atoms with E-state index < -0.39 is 0 Å². The first-order chi connectivity index (χ1) is 9.63. The fraction of sp³-hybridized carbons (Fsp3) is 0.375. The zero-order valence-electron chi connectivity index (χ0n) is 12.1. The monoisotopic (exact) mass is 293 g/mol. The summed E-state index contributed by atoms with van der Waals surface area (Å²) in [5.41, 5.74) is 0.847. The molecule has 0 radical (unpaired) electrons. The minimum Gasteiger partial charge on any atom is -0.496 e. The van der Waals surface area contributed by atoms with Crippen LogP contribution in [0.3, 0.4) is 0 Å². The smallest absolute Gasteiger partial charge is 0.123 e. The highest BCUT2D eigenvalue weighted by Crippen LogP contribution is 2.26. The average molecular weight is 293 g/mol. The third-order valence-corrected chi connectivity index (χ3v) is 4.54. The van der Waals surface area contributed by atoms with Gasteiger partial charge in [0, 0.05) is 27.9 Å². The number of aryl methyl sites for hydroxylation is 1. The Morgan fingerprint density at radius 1 is 1.25 bits per heavy atom. The van der Waals surface area contributed by atoms with Crippen molar-refractivity contribution in [1.82, 2.24) is 5.32 Å². The lowest BCUT2D eigenvalue weighted by Gasteiger charge is -2.17. The first-order valence-electron chi connectivity index (χ1n) is 6.78. The van der Waals surface area contributed by atoms with Crippen LogP contribution in [-0.4, -0.2) is 7.11 Å². The SMILES string of the molecule is CCc1ccc(CNC(C)c2cc(F)ccc2OC)s1. The van der Waals surface area contributed by atoms with E-state index in [4.69, 9.17) is 4.74 Å². The van der Waals surface area contributed by atoms with Crippen LogP contribution in [0.2, 0.25) is 0 Å². The van der Waals surface area contributed by atoms with Crippen LogP contribution in [0.15, 0.2) is 30.3 Å². The number of benzene rings is 1. The van der Waals surface area contributed by atoms with E-state index in [1.165, 1.54) is 21.9 Å². The molecular formula is C16H20FNOS. The molecule has 0 saturated heterocycles. The molecule has 1 aromatic carbocycles. The van der Waals surface area contributed by atoms with Gasteiger partial charge in [0.05, 0.1) is 7.11 Å². The molecular weight excluding hydrogens is 273 g/mol. The molecule has 2 aromatic rings. The maximum absolute atomic E-state index is 13.4. The zero-order valence-corrected chi connectivity index (χ0v) is 12.9. The van der Waals surface area contributed by atoms with Gasteiger partial charge in [0.25, 0.3) is 0 Å². The van der Waals surface area contributed by atoms with E-state index in [0.29, 0.717) is 5.75 Å². The molecule has 1 unspecified atom stereocenters. The molecule has 0 bridgehead atoms. The second-order valence-electron chi connectivity index (χ2n) is 4.71. The highest BCUT2D eigenvalue weighted by molar-refractivity contribution is 7.11. The summed E-state index contributed by atoms with van der Waals surface area (Å²) in [5.74, 6) is 0.477. The normalized spacial score (nSPS) is 12.4. The molecule has 1 atom stereocenters. The maximum atomic E-state index is 13.4. The predicted octanol–water partition coefficient (Wildman–Crippen LogP) is 4.31. The number of halogens is 1. The molecule has 0 fully saturated rings. The van der Waals surface area contributed by atoms with Crippen LogP contribution >= 0.6 is 11.3 Å². The summed E-state index contributed by atoms with van der Waals surface area (Å²) in [6.07, 6.45) is 1.07. The number of hydrogen-bond donors (Lipinski definition) is 1. The van der Waals surface area contributed by atoms with Gasteiger partial charge >= 0.3 is 0 Å². The van der Waals surface area contributed by atoms with Crippen molar-refractivity contribution in [2.24, 2.45) is 0 Å². The minimum atomic E-state index is -0.237. The molecule has 0 aliphatic rings. The molecule has 4 heteroatoms. The predicted molar refractivity (Wildman–Crippen MR) is 81.9 cm³/mol. The Morgan fingerprint density at radius 3 is 2.65 bits per heavy atom. The summed E-state index contributed by atoms with van der Waals surface area (Å²) in [7, 11) is 1.61. The van der Waals surface area contributed by atoms with Crippen LogP contribution in [0, 0.1) is 5.82 Å². The number of rotatable bonds is 6. The molecule has 1 N–H and O–H groups in total. The van der Waals surface area contributed by atoms with E-state index in [1.807, 2.05) is 18.3 Å². The van der Waals surface area contributed by atoms with E-state index in [-0.39, 0.29) is 11.9 Å². The molecule has 2 rings (SSSR count). The van der Waals surface area contributed by atoms with Gasteiger partial charge in [-0.15, -0.1) is 11.3 Å². The molecule has 0 aliphatic heterocycles. The van der Waals surface area contributed by atoms with Crippen LogP contribution in [-0.2, 0) is 13.0 Å². The van der Waals surface area contributed by atoms with E-state index in [2.05, 4.69) is 24.4 Å². The van der Waals surface area contributed by atoms with Gasteiger partial charge in [-0.05, 0) is 43.7 Å². The topological polar surface area (TPSA) is 21.3 Å². The summed E-state index contributed by atoms with van der Waals surface area (Å²) < 4.78 is 18.7. The van der Waals surface area contributed by atoms with Crippen LogP contribution < -0.4 is 10.1 Å². The van der Waals surface area contributed by atoms with Gasteiger partial charge in [-0.2, -0.15) is 0 Å². The van der Waals surface area contributed by atoms with Gasteiger partial charge in [-0.25, -0.2) is 4.39 Å². The standard InChI is InChI=1S/C16H20FNOS/c1-4-13-6-7-14(20-13)10-18-11(2)15-9-12(17)5-8-16(15)19-3/h5-9,11,18H,4,10H2,1-3H3. The van der Waals surface area contributed by atoms with Gasteiger partial charge in [0.15, 0.2) is 0 Å². The lowest BCUT2D eigenvalue weighted by molar-refractivity contribution is 0.400. The van der Waals surface area contributed by atoms with Crippen molar-refractivity contribution in [3.05, 3.63) is 51.5 Å². The fourth-order valence-corrected chi connectivity index (χ4v) is 3.02. The lowest BCUT2D eigenvalue weighted by atomic mass is 10.1. The van der Waals surface area contributed by atoms with Gasteiger partial charge in [0.1, 0.15) is 11.6 Å². The second-order valence-corrected chi connectivity index (χ2v) is 5.96. The summed E-state index contributed by atoms with van der Waals surface area (Å²) in [6, 6.07) is 8.96. The quantitative estimate of drug-likeness (QED) is 0.857. The van der Waals surface area contributed by atoms with Crippen molar-refractivity contribution in [2.45, 2.75) is 32.9 Å². The molecule has 0 amide bonds. The van der Waals surface area contributed by atoms with Gasteiger partial charge in [-0.1, -0.05) is 6.92 Å². The van der Waals surface area contributed by atoms with Gasteiger partial charge in [0.2, 0.25) is 0 Å². The summed E-state index contributed by atoms with van der Waals surface area (Å²) in [6.45, 7) is 4.96. The van der Waals surface area contributed by atoms with E-state index in [9.17, 15) is 4.39 Å². The highest BCUT2D eigenvalue weighted by Gasteiger charge is 2.12. The number of thiophene rings is 1. The first kappa shape index (κ1) is 15.0. The Bertz CT molecular complexity index is 567. The Labute approximate surface area is 123 Å². The molecule has 108 valence electrons. The van der Waals surface area contributed by atoms with Crippen LogP contribution in [0.5, 0.6) is 5.75 Å². The van der Waals surface area contributed by atoms with E-state index in [0.717, 1.165) is 18.5 Å². The zero-order chi connectivity index (χ0) is 14.5. The molecule has 1 aromatic heterocycles. The Hall–Kier alpha value is -1.39. The molecule has 0 aliphatic carbocycles. The molecule has 20 heavy (non-hydrogen) atoms. The summed E-state index contributed by atoms with van der Waals surface area (Å²) in [5, 5.41) is 3.42. The highest BCUT2D eigenvalue weighted by atomic mass is 32.1. The lowest BCUT2D eigenvalue weighted by Crippen LogP contribution is -2.18. The van der Waals surface area contributed by atoms with Gasteiger partial charge < -0.3 is 10.1 Å². The number of ether oxygens (including phenoxy) is 1. The summed E-state index contributed by atoms with van der Waals surface area (Å²) in [4.78, 5) is 2.68. The third-order valence-electron chi connectivity index (χ3n) is 3.31. The Kier molecular flexibility index (Phi) is 5.15. The molecule has 0 saturated carbocycles. The van der Waals surface area contributed by atoms with Crippen molar-refractivity contribution in [1.29, 1.82) is 0 Å².